The van der Waals surface area contributed by atoms with Gasteiger partial charge >= 0.3 is 0 Å². The van der Waals surface area contributed by atoms with E-state index in [9.17, 15) is 5.11 Å². The van der Waals surface area contributed by atoms with Crippen molar-refractivity contribution in [1.29, 1.82) is 0 Å². The summed E-state index contributed by atoms with van der Waals surface area (Å²) in [6.07, 6.45) is 1.83. The minimum atomic E-state index is -0.317. The maximum atomic E-state index is 10.9. The summed E-state index contributed by atoms with van der Waals surface area (Å²) in [5, 5.41) is 12.0. The molecule has 0 aliphatic rings. The van der Waals surface area contributed by atoms with Crippen molar-refractivity contribution in [2.24, 2.45) is 0 Å². The van der Waals surface area contributed by atoms with Gasteiger partial charge in [-0.05, 0) is 51.8 Å². The number of phenolic OH excluding ortho intramolecular Hbond substituents is 1. The van der Waals surface area contributed by atoms with Crippen molar-refractivity contribution >= 4 is 22.0 Å². The number of oxazole rings is 1. The molecule has 0 spiro atoms. The largest absolute Gasteiger partial charge is 0.507 e. The molecule has 0 radical (unpaired) electrons. The van der Waals surface area contributed by atoms with Gasteiger partial charge in [-0.15, -0.1) is 35.4 Å². The molecule has 0 atom stereocenters. The molecule has 0 aliphatic heterocycles. The Bertz CT molecular complexity index is 2190. The fourth-order valence-electron chi connectivity index (χ4n) is 6.01. The standard InChI is InChI=1S/C41H35N2O2.Pt/c1-40(2,3)30-19-20-35(44)34(23-30)39-43-38-33(24-31(25-36(38)45-39)41(4,5)29-16-7-6-8-17-29)28-14-9-13-27(22-28)32-18-10-12-26-15-11-21-42-37(26)32;/h6-21,23-25,44H,1-5H3;/q-1;. The summed E-state index contributed by atoms with van der Waals surface area (Å²) in [4.78, 5) is 9.72. The second-order valence-corrected chi connectivity index (χ2v) is 13.2. The Kier molecular flexibility index (Phi) is 8.21. The SMILES string of the molecule is CC(C)(C)c1ccc(O)c(-c2nc3c(-c4[c-]c(-c5cccc6cccnc56)ccc4)cc(C(C)(C)c4ccccc4)cc3o2)c1.[Pt]. The van der Waals surface area contributed by atoms with E-state index >= 15 is 0 Å². The van der Waals surface area contributed by atoms with Crippen LogP contribution in [0.25, 0.3) is 55.7 Å². The van der Waals surface area contributed by atoms with Crippen LogP contribution in [0, 0.1) is 6.07 Å². The molecular formula is C41H35N2O2Pt-. The molecule has 0 aliphatic carbocycles. The number of fused-ring (bicyclic) bond motifs is 2. The first kappa shape index (κ1) is 31.5. The van der Waals surface area contributed by atoms with Gasteiger partial charge in [0.2, 0.25) is 5.89 Å². The molecule has 1 N–H and O–H groups in total. The average molecular weight is 783 g/mol. The van der Waals surface area contributed by atoms with Crippen LogP contribution in [0.5, 0.6) is 5.75 Å². The fourth-order valence-corrected chi connectivity index (χ4v) is 6.01. The molecular weight excluding hydrogens is 748 g/mol. The first-order valence-corrected chi connectivity index (χ1v) is 15.3. The topological polar surface area (TPSA) is 59.2 Å². The zero-order chi connectivity index (χ0) is 31.3. The Morgan fingerprint density at radius 3 is 2.09 bits per heavy atom. The Hall–Kier alpha value is -4.53. The molecule has 4 nitrogen and oxygen atoms in total. The van der Waals surface area contributed by atoms with Crippen molar-refractivity contribution in [2.75, 3.05) is 0 Å². The van der Waals surface area contributed by atoms with Gasteiger partial charge in [0.15, 0.2) is 0 Å². The Labute approximate surface area is 284 Å². The maximum Gasteiger partial charge on any atom is 0.230 e. The van der Waals surface area contributed by atoms with Crippen LogP contribution >= 0.6 is 0 Å². The third-order valence-electron chi connectivity index (χ3n) is 8.81. The van der Waals surface area contributed by atoms with Crippen molar-refractivity contribution < 1.29 is 30.6 Å². The second-order valence-electron chi connectivity index (χ2n) is 13.2. The van der Waals surface area contributed by atoms with Crippen molar-refractivity contribution in [3.05, 3.63) is 138 Å². The van der Waals surface area contributed by atoms with Gasteiger partial charge < -0.3 is 9.52 Å². The van der Waals surface area contributed by atoms with E-state index in [1.54, 1.807) is 6.07 Å². The number of rotatable bonds is 5. The van der Waals surface area contributed by atoms with Gasteiger partial charge in [-0.25, -0.2) is 4.98 Å². The number of nitrogens with zero attached hydrogens (tertiary/aromatic N) is 2. The number of aromatic nitrogens is 2. The van der Waals surface area contributed by atoms with Crippen molar-refractivity contribution in [1.82, 2.24) is 9.97 Å². The normalized spacial score (nSPS) is 11.9. The number of phenols is 1. The average Bonchev–Trinajstić information content (AvgIpc) is 3.48. The number of aromatic hydroxyl groups is 1. The number of pyridine rings is 1. The van der Waals surface area contributed by atoms with Gasteiger partial charge in [0.1, 0.15) is 11.3 Å². The molecule has 7 rings (SSSR count). The van der Waals surface area contributed by atoms with Gasteiger partial charge in [-0.2, -0.15) is 0 Å². The van der Waals surface area contributed by atoms with E-state index in [1.807, 2.05) is 30.5 Å². The van der Waals surface area contributed by atoms with Crippen molar-refractivity contribution in [3.63, 3.8) is 0 Å². The number of hydrogen-bond donors (Lipinski definition) is 1. The monoisotopic (exact) mass is 782 g/mol. The van der Waals surface area contributed by atoms with E-state index in [-0.39, 0.29) is 37.6 Å². The predicted molar refractivity (Wildman–Crippen MR) is 183 cm³/mol. The van der Waals surface area contributed by atoms with Crippen LogP contribution < -0.4 is 0 Å². The quantitative estimate of drug-likeness (QED) is 0.177. The van der Waals surface area contributed by atoms with Crippen molar-refractivity contribution in [3.8, 4) is 39.5 Å². The molecule has 0 bridgehead atoms. The summed E-state index contributed by atoms with van der Waals surface area (Å²) in [5.74, 6) is 0.525. The van der Waals surface area contributed by atoms with Gasteiger partial charge in [-0.1, -0.05) is 112 Å². The molecule has 7 aromatic rings. The summed E-state index contributed by atoms with van der Waals surface area (Å²) in [5.41, 5.74) is 9.68. The van der Waals surface area contributed by atoms with Crippen LogP contribution in [0.3, 0.4) is 0 Å². The minimum Gasteiger partial charge on any atom is -0.507 e. The molecule has 5 aromatic carbocycles. The molecule has 0 amide bonds. The molecule has 0 saturated heterocycles. The molecule has 5 heteroatoms. The zero-order valence-corrected chi connectivity index (χ0v) is 28.8. The van der Waals surface area contributed by atoms with Gasteiger partial charge in [0, 0.05) is 38.2 Å². The van der Waals surface area contributed by atoms with E-state index in [1.165, 1.54) is 5.56 Å². The summed E-state index contributed by atoms with van der Waals surface area (Å²) in [7, 11) is 0. The Morgan fingerprint density at radius 1 is 0.630 bits per heavy atom. The van der Waals surface area contributed by atoms with Gasteiger partial charge in [0.05, 0.1) is 11.1 Å². The molecule has 0 fully saturated rings. The Morgan fingerprint density at radius 2 is 1.33 bits per heavy atom. The molecule has 0 unspecified atom stereocenters. The minimum absolute atomic E-state index is 0. The second kappa shape index (κ2) is 12.0. The summed E-state index contributed by atoms with van der Waals surface area (Å²) >= 11 is 0. The first-order valence-electron chi connectivity index (χ1n) is 15.3. The van der Waals surface area contributed by atoms with Crippen LogP contribution in [0.4, 0.5) is 0 Å². The summed E-state index contributed by atoms with van der Waals surface area (Å²) in [6.45, 7) is 10.9. The number of hydrogen-bond acceptors (Lipinski definition) is 4. The Balaban J connectivity index is 0.00000372. The van der Waals surface area contributed by atoms with E-state index in [2.05, 4.69) is 125 Å². The van der Waals surface area contributed by atoms with Crippen LogP contribution in [0.15, 0.2) is 120 Å². The maximum absolute atomic E-state index is 10.9. The van der Waals surface area contributed by atoms with E-state index in [4.69, 9.17) is 9.40 Å². The molecule has 0 saturated carbocycles. The van der Waals surface area contributed by atoms with E-state index in [0.29, 0.717) is 17.0 Å². The summed E-state index contributed by atoms with van der Waals surface area (Å²) < 4.78 is 6.51. The van der Waals surface area contributed by atoms with Gasteiger partial charge in [-0.3, -0.25) is 4.98 Å². The smallest absolute Gasteiger partial charge is 0.230 e. The number of para-hydroxylation sites is 1. The van der Waals surface area contributed by atoms with Crippen molar-refractivity contribution in [2.45, 2.75) is 45.4 Å². The molecule has 2 heterocycles. The predicted octanol–water partition coefficient (Wildman–Crippen LogP) is 10.5. The van der Waals surface area contributed by atoms with Gasteiger partial charge in [0.25, 0.3) is 0 Å². The third kappa shape index (κ3) is 5.67. The third-order valence-corrected chi connectivity index (χ3v) is 8.81. The number of benzene rings is 5. The summed E-state index contributed by atoms with van der Waals surface area (Å²) in [6, 6.07) is 40.6. The van der Waals surface area contributed by atoms with Crippen LogP contribution in [0.2, 0.25) is 0 Å². The fraction of sp³-hybridized carbons (Fsp3) is 0.171. The molecule has 232 valence electrons. The molecule has 2 aromatic heterocycles. The van der Waals surface area contributed by atoms with E-state index in [0.717, 1.165) is 49.8 Å². The zero-order valence-electron chi connectivity index (χ0n) is 26.5. The van der Waals surface area contributed by atoms with Crippen LogP contribution in [0.1, 0.15) is 51.3 Å². The van der Waals surface area contributed by atoms with Crippen LogP contribution in [-0.2, 0) is 31.9 Å². The molecule has 46 heavy (non-hydrogen) atoms. The van der Waals surface area contributed by atoms with E-state index < -0.39 is 0 Å². The van der Waals surface area contributed by atoms with Crippen LogP contribution in [-0.4, -0.2) is 15.1 Å². The first-order chi connectivity index (χ1) is 21.6.